The Labute approximate surface area is 88.9 Å². The number of halogens is 1. The number of rotatable bonds is 2. The van der Waals surface area contributed by atoms with Gasteiger partial charge in [-0.2, -0.15) is 0 Å². The fraction of sp³-hybridized carbons (Fsp3) is 0.667. The van der Waals surface area contributed by atoms with Crippen LogP contribution in [0.25, 0.3) is 0 Å². The minimum absolute atomic E-state index is 0.704. The van der Waals surface area contributed by atoms with Crippen LogP contribution in [0.3, 0.4) is 0 Å². The van der Waals surface area contributed by atoms with Crippen molar-refractivity contribution in [1.29, 1.82) is 0 Å². The van der Waals surface area contributed by atoms with E-state index in [1.807, 2.05) is 11.6 Å². The maximum atomic E-state index is 5.92. The second kappa shape index (κ2) is 4.29. The minimum Gasteiger partial charge on any atom is -0.321 e. The van der Waals surface area contributed by atoms with Crippen molar-refractivity contribution in [2.24, 2.45) is 7.05 Å². The lowest BCUT2D eigenvalue weighted by molar-refractivity contribution is 0.226. The van der Waals surface area contributed by atoms with Gasteiger partial charge < -0.3 is 9.88 Å². The van der Waals surface area contributed by atoms with Crippen LogP contribution in [-0.4, -0.2) is 40.6 Å². The third-order valence-electron chi connectivity index (χ3n) is 2.60. The van der Waals surface area contributed by atoms with Gasteiger partial charge in [0.15, 0.2) is 0 Å². The Bertz CT molecular complexity index is 304. The Hall–Kier alpha value is -0.580. The van der Waals surface area contributed by atoms with Gasteiger partial charge in [0.25, 0.3) is 0 Å². The van der Waals surface area contributed by atoms with E-state index in [1.54, 1.807) is 6.20 Å². The van der Waals surface area contributed by atoms with Crippen molar-refractivity contribution in [3.8, 4) is 0 Å². The molecule has 1 fully saturated rings. The SMILES string of the molecule is Cn1c(Cl)cnc1CN1CCNCC1. The molecular weight excluding hydrogens is 200 g/mol. The van der Waals surface area contributed by atoms with Crippen LogP contribution in [-0.2, 0) is 13.6 Å². The zero-order valence-electron chi connectivity index (χ0n) is 8.33. The van der Waals surface area contributed by atoms with Crippen LogP contribution in [0.1, 0.15) is 5.82 Å². The highest BCUT2D eigenvalue weighted by molar-refractivity contribution is 6.29. The second-order valence-corrected chi connectivity index (χ2v) is 3.97. The highest BCUT2D eigenvalue weighted by atomic mass is 35.5. The summed E-state index contributed by atoms with van der Waals surface area (Å²) in [5.74, 6) is 1.04. The van der Waals surface area contributed by atoms with Gasteiger partial charge in [-0.05, 0) is 0 Å². The van der Waals surface area contributed by atoms with Gasteiger partial charge in [-0.25, -0.2) is 4.98 Å². The predicted octanol–water partition coefficient (Wildman–Crippen LogP) is 0.479. The lowest BCUT2D eigenvalue weighted by atomic mass is 10.3. The van der Waals surface area contributed by atoms with Gasteiger partial charge >= 0.3 is 0 Å². The largest absolute Gasteiger partial charge is 0.321 e. The number of hydrogen-bond donors (Lipinski definition) is 1. The second-order valence-electron chi connectivity index (χ2n) is 3.58. The van der Waals surface area contributed by atoms with Crippen molar-refractivity contribution in [3.05, 3.63) is 17.2 Å². The van der Waals surface area contributed by atoms with E-state index in [0.29, 0.717) is 5.15 Å². The molecule has 0 amide bonds. The summed E-state index contributed by atoms with van der Waals surface area (Å²) in [6.07, 6.45) is 1.71. The molecule has 1 aliphatic heterocycles. The maximum Gasteiger partial charge on any atom is 0.128 e. The molecule has 0 radical (unpaired) electrons. The van der Waals surface area contributed by atoms with Gasteiger partial charge in [-0.15, -0.1) is 0 Å². The Kier molecular flexibility index (Phi) is 3.05. The number of nitrogens with one attached hydrogen (secondary N) is 1. The molecule has 0 bridgehead atoms. The molecule has 1 aromatic heterocycles. The number of imidazole rings is 1. The van der Waals surface area contributed by atoms with Crippen molar-refractivity contribution < 1.29 is 0 Å². The van der Waals surface area contributed by atoms with Crippen LogP contribution in [0.4, 0.5) is 0 Å². The van der Waals surface area contributed by atoms with Crippen LogP contribution in [0.15, 0.2) is 6.20 Å². The fourth-order valence-electron chi connectivity index (χ4n) is 1.64. The molecule has 0 aromatic carbocycles. The molecule has 1 N–H and O–H groups in total. The number of aromatic nitrogens is 2. The first-order chi connectivity index (χ1) is 6.77. The molecule has 14 heavy (non-hydrogen) atoms. The van der Waals surface area contributed by atoms with Crippen LogP contribution >= 0.6 is 11.6 Å². The van der Waals surface area contributed by atoms with E-state index in [1.165, 1.54) is 0 Å². The summed E-state index contributed by atoms with van der Waals surface area (Å²) in [5, 5.41) is 4.03. The summed E-state index contributed by atoms with van der Waals surface area (Å²) in [5.41, 5.74) is 0. The van der Waals surface area contributed by atoms with Crippen molar-refractivity contribution in [2.75, 3.05) is 26.2 Å². The molecular formula is C9H15ClN4. The summed E-state index contributed by atoms with van der Waals surface area (Å²) < 4.78 is 1.93. The smallest absolute Gasteiger partial charge is 0.128 e. The van der Waals surface area contributed by atoms with E-state index < -0.39 is 0 Å². The van der Waals surface area contributed by atoms with Crippen molar-refractivity contribution in [1.82, 2.24) is 19.8 Å². The third kappa shape index (κ3) is 2.08. The Balaban J connectivity index is 1.99. The van der Waals surface area contributed by atoms with Gasteiger partial charge in [0, 0.05) is 33.2 Å². The molecule has 5 heteroatoms. The first-order valence-electron chi connectivity index (χ1n) is 4.86. The molecule has 78 valence electrons. The molecule has 0 aliphatic carbocycles. The van der Waals surface area contributed by atoms with Gasteiger partial charge in [-0.3, -0.25) is 4.90 Å². The summed E-state index contributed by atoms with van der Waals surface area (Å²) in [6, 6.07) is 0. The van der Waals surface area contributed by atoms with Crippen LogP contribution in [0, 0.1) is 0 Å². The monoisotopic (exact) mass is 214 g/mol. The fourth-order valence-corrected chi connectivity index (χ4v) is 1.79. The Morgan fingerprint density at radius 3 is 2.79 bits per heavy atom. The Morgan fingerprint density at radius 2 is 2.21 bits per heavy atom. The summed E-state index contributed by atoms with van der Waals surface area (Å²) in [6.45, 7) is 5.20. The van der Waals surface area contributed by atoms with Crippen molar-refractivity contribution in [3.63, 3.8) is 0 Å². The average molecular weight is 215 g/mol. The normalized spacial score (nSPS) is 18.7. The van der Waals surface area contributed by atoms with Gasteiger partial charge in [0.05, 0.1) is 12.7 Å². The molecule has 0 unspecified atom stereocenters. The molecule has 1 aliphatic rings. The van der Waals surface area contributed by atoms with E-state index in [9.17, 15) is 0 Å². The Morgan fingerprint density at radius 1 is 1.50 bits per heavy atom. The third-order valence-corrected chi connectivity index (χ3v) is 2.95. The molecule has 1 saturated heterocycles. The van der Waals surface area contributed by atoms with Gasteiger partial charge in [0.2, 0.25) is 0 Å². The van der Waals surface area contributed by atoms with E-state index in [0.717, 1.165) is 38.5 Å². The maximum absolute atomic E-state index is 5.92. The van der Waals surface area contributed by atoms with E-state index >= 15 is 0 Å². The lowest BCUT2D eigenvalue weighted by Gasteiger charge is -2.26. The molecule has 2 heterocycles. The lowest BCUT2D eigenvalue weighted by Crippen LogP contribution is -2.43. The molecule has 1 aromatic rings. The van der Waals surface area contributed by atoms with Crippen LogP contribution in [0.2, 0.25) is 5.15 Å². The number of piperazine rings is 1. The summed E-state index contributed by atoms with van der Waals surface area (Å²) >= 11 is 5.92. The zero-order valence-corrected chi connectivity index (χ0v) is 9.09. The summed E-state index contributed by atoms with van der Waals surface area (Å²) in [4.78, 5) is 6.66. The number of hydrogen-bond acceptors (Lipinski definition) is 3. The first kappa shape index (κ1) is 9.96. The highest BCUT2D eigenvalue weighted by Crippen LogP contribution is 2.11. The van der Waals surface area contributed by atoms with E-state index in [-0.39, 0.29) is 0 Å². The zero-order chi connectivity index (χ0) is 9.97. The number of nitrogens with zero attached hydrogens (tertiary/aromatic N) is 3. The van der Waals surface area contributed by atoms with Gasteiger partial charge in [0.1, 0.15) is 11.0 Å². The average Bonchev–Trinajstić information content (AvgIpc) is 2.52. The molecule has 0 spiro atoms. The molecule has 4 nitrogen and oxygen atoms in total. The van der Waals surface area contributed by atoms with Crippen molar-refractivity contribution in [2.45, 2.75) is 6.54 Å². The van der Waals surface area contributed by atoms with Gasteiger partial charge in [-0.1, -0.05) is 11.6 Å². The van der Waals surface area contributed by atoms with E-state index in [4.69, 9.17) is 11.6 Å². The predicted molar refractivity (Wildman–Crippen MR) is 56.4 cm³/mol. The summed E-state index contributed by atoms with van der Waals surface area (Å²) in [7, 11) is 1.95. The quantitative estimate of drug-likeness (QED) is 0.778. The van der Waals surface area contributed by atoms with Crippen molar-refractivity contribution >= 4 is 11.6 Å². The van der Waals surface area contributed by atoms with Crippen LogP contribution < -0.4 is 5.32 Å². The highest BCUT2D eigenvalue weighted by Gasteiger charge is 2.13. The molecule has 2 rings (SSSR count). The van der Waals surface area contributed by atoms with E-state index in [2.05, 4.69) is 15.2 Å². The van der Waals surface area contributed by atoms with Crippen LogP contribution in [0.5, 0.6) is 0 Å². The topological polar surface area (TPSA) is 33.1 Å². The molecule has 0 atom stereocenters. The standard InChI is InChI=1S/C9H15ClN4/c1-13-8(10)6-12-9(13)7-14-4-2-11-3-5-14/h6,11H,2-5,7H2,1H3. The molecule has 0 saturated carbocycles. The minimum atomic E-state index is 0.704. The first-order valence-corrected chi connectivity index (χ1v) is 5.24.